The van der Waals surface area contributed by atoms with Gasteiger partial charge in [-0.1, -0.05) is 0 Å². The second-order valence-electron chi connectivity index (χ2n) is 7.83. The molecule has 2 N–H and O–H groups in total. The highest BCUT2D eigenvalue weighted by Crippen LogP contribution is 2.34. The lowest BCUT2D eigenvalue weighted by atomic mass is 9.80. The first kappa shape index (κ1) is 17.4. The SMILES string of the molecule is Cc1cc(N2CCN(Cc3nnc(C4CC(N)C4)n3C)CC2)cc(C)n1. The van der Waals surface area contributed by atoms with Crippen molar-refractivity contribution in [3.05, 3.63) is 35.2 Å². The zero-order valence-electron chi connectivity index (χ0n) is 16.0. The van der Waals surface area contributed by atoms with Crippen LogP contribution >= 0.6 is 0 Å². The van der Waals surface area contributed by atoms with Crippen LogP contribution in [0.4, 0.5) is 5.69 Å². The lowest BCUT2D eigenvalue weighted by molar-refractivity contribution is 0.240. The molecule has 1 aliphatic heterocycles. The summed E-state index contributed by atoms with van der Waals surface area (Å²) in [6.45, 7) is 9.13. The van der Waals surface area contributed by atoms with Crippen LogP contribution in [-0.4, -0.2) is 56.9 Å². The van der Waals surface area contributed by atoms with Gasteiger partial charge in [0.15, 0.2) is 0 Å². The molecule has 7 nitrogen and oxygen atoms in total. The molecular weight excluding hydrogens is 326 g/mol. The summed E-state index contributed by atoms with van der Waals surface area (Å²) in [6.07, 6.45) is 2.07. The molecule has 0 radical (unpaired) electrons. The third-order valence-corrected chi connectivity index (χ3v) is 5.71. The van der Waals surface area contributed by atoms with Crippen LogP contribution in [0.5, 0.6) is 0 Å². The molecule has 0 spiro atoms. The number of anilines is 1. The summed E-state index contributed by atoms with van der Waals surface area (Å²) in [5, 5.41) is 8.88. The van der Waals surface area contributed by atoms with Gasteiger partial charge in [-0.05, 0) is 38.8 Å². The summed E-state index contributed by atoms with van der Waals surface area (Å²) in [6, 6.07) is 4.70. The first-order valence-corrected chi connectivity index (χ1v) is 9.56. The molecule has 2 fully saturated rings. The number of aromatic nitrogens is 4. The summed E-state index contributed by atoms with van der Waals surface area (Å²) < 4.78 is 2.18. The van der Waals surface area contributed by atoms with E-state index in [1.54, 1.807) is 0 Å². The van der Waals surface area contributed by atoms with Gasteiger partial charge in [-0.15, -0.1) is 10.2 Å². The number of rotatable bonds is 4. The van der Waals surface area contributed by atoms with E-state index in [1.165, 1.54) is 5.69 Å². The van der Waals surface area contributed by atoms with Crippen LogP contribution in [0, 0.1) is 13.8 Å². The Morgan fingerprint density at radius 1 is 1.04 bits per heavy atom. The molecule has 2 aromatic rings. The molecule has 0 atom stereocenters. The molecule has 1 saturated heterocycles. The smallest absolute Gasteiger partial charge is 0.146 e. The first-order valence-electron chi connectivity index (χ1n) is 9.56. The van der Waals surface area contributed by atoms with Gasteiger partial charge in [0, 0.05) is 62.3 Å². The monoisotopic (exact) mass is 355 g/mol. The molecule has 4 rings (SSSR count). The maximum Gasteiger partial charge on any atom is 0.146 e. The molecule has 3 heterocycles. The third-order valence-electron chi connectivity index (χ3n) is 5.71. The second-order valence-corrected chi connectivity index (χ2v) is 7.83. The topological polar surface area (TPSA) is 76.1 Å². The van der Waals surface area contributed by atoms with Crippen LogP contribution in [0.15, 0.2) is 12.1 Å². The maximum atomic E-state index is 5.92. The van der Waals surface area contributed by atoms with Gasteiger partial charge >= 0.3 is 0 Å². The van der Waals surface area contributed by atoms with E-state index in [4.69, 9.17) is 5.73 Å². The van der Waals surface area contributed by atoms with E-state index < -0.39 is 0 Å². The van der Waals surface area contributed by atoms with E-state index in [9.17, 15) is 0 Å². The van der Waals surface area contributed by atoms with Gasteiger partial charge in [-0.2, -0.15) is 0 Å². The molecule has 2 aliphatic rings. The highest BCUT2D eigenvalue weighted by molar-refractivity contribution is 5.48. The van der Waals surface area contributed by atoms with E-state index >= 15 is 0 Å². The molecule has 26 heavy (non-hydrogen) atoms. The van der Waals surface area contributed by atoms with Crippen molar-refractivity contribution in [2.24, 2.45) is 12.8 Å². The molecule has 1 saturated carbocycles. The molecule has 0 unspecified atom stereocenters. The van der Waals surface area contributed by atoms with Gasteiger partial charge in [0.05, 0.1) is 6.54 Å². The third kappa shape index (κ3) is 3.46. The highest BCUT2D eigenvalue weighted by Gasteiger charge is 2.31. The van der Waals surface area contributed by atoms with Gasteiger partial charge in [-0.3, -0.25) is 9.88 Å². The molecule has 0 bridgehead atoms. The fraction of sp³-hybridized carbons (Fsp3) is 0.632. The molecule has 140 valence electrons. The van der Waals surface area contributed by atoms with Crippen LogP contribution < -0.4 is 10.6 Å². The highest BCUT2D eigenvalue weighted by atomic mass is 15.3. The standard InChI is InChI=1S/C19H29N7/c1-13-8-17(9-14(2)21-13)26-6-4-25(5-7-26)12-18-22-23-19(24(18)3)15-10-16(20)11-15/h8-9,15-16H,4-7,10-12,20H2,1-3H3. The van der Waals surface area contributed by atoms with Crippen molar-refractivity contribution in [1.82, 2.24) is 24.6 Å². The number of nitrogens with two attached hydrogens (primary N) is 1. The van der Waals surface area contributed by atoms with Gasteiger partial charge in [0.1, 0.15) is 11.6 Å². The average molecular weight is 355 g/mol. The molecule has 2 aromatic heterocycles. The zero-order valence-corrected chi connectivity index (χ0v) is 16.0. The fourth-order valence-corrected chi connectivity index (χ4v) is 4.10. The largest absolute Gasteiger partial charge is 0.369 e. The Hall–Kier alpha value is -1.99. The second kappa shape index (κ2) is 6.96. The minimum absolute atomic E-state index is 0.341. The Labute approximate surface area is 155 Å². The number of aryl methyl sites for hydroxylation is 2. The van der Waals surface area contributed by atoms with Crippen LogP contribution in [-0.2, 0) is 13.6 Å². The minimum atomic E-state index is 0.341. The summed E-state index contributed by atoms with van der Waals surface area (Å²) in [5.41, 5.74) is 9.38. The maximum absolute atomic E-state index is 5.92. The van der Waals surface area contributed by atoms with E-state index in [0.29, 0.717) is 12.0 Å². The molecule has 0 aromatic carbocycles. The van der Waals surface area contributed by atoms with Crippen molar-refractivity contribution in [2.45, 2.75) is 45.2 Å². The number of pyridine rings is 1. The molecule has 7 heteroatoms. The Bertz CT molecular complexity index is 750. The van der Waals surface area contributed by atoms with Gasteiger partial charge < -0.3 is 15.2 Å². The Morgan fingerprint density at radius 3 is 2.31 bits per heavy atom. The quantitative estimate of drug-likeness (QED) is 0.892. The van der Waals surface area contributed by atoms with Gasteiger partial charge in [0.25, 0.3) is 0 Å². The van der Waals surface area contributed by atoms with Gasteiger partial charge in [-0.25, -0.2) is 0 Å². The van der Waals surface area contributed by atoms with Crippen molar-refractivity contribution >= 4 is 5.69 Å². The lowest BCUT2D eigenvalue weighted by Gasteiger charge is -2.36. The molecule has 1 aliphatic carbocycles. The average Bonchev–Trinajstić information content (AvgIpc) is 2.92. The Balaban J connectivity index is 1.35. The molecular formula is C19H29N7. The van der Waals surface area contributed by atoms with E-state index in [0.717, 1.165) is 68.6 Å². The van der Waals surface area contributed by atoms with Crippen LogP contribution in [0.1, 0.15) is 41.8 Å². The summed E-state index contributed by atoms with van der Waals surface area (Å²) >= 11 is 0. The predicted octanol–water partition coefficient (Wildman–Crippen LogP) is 1.35. The van der Waals surface area contributed by atoms with E-state index in [-0.39, 0.29) is 0 Å². The molecule has 0 amide bonds. The lowest BCUT2D eigenvalue weighted by Crippen LogP contribution is -2.46. The van der Waals surface area contributed by atoms with E-state index in [2.05, 4.69) is 62.6 Å². The number of hydrogen-bond acceptors (Lipinski definition) is 6. The zero-order chi connectivity index (χ0) is 18.3. The van der Waals surface area contributed by atoms with Crippen molar-refractivity contribution < 1.29 is 0 Å². The van der Waals surface area contributed by atoms with E-state index in [1.807, 2.05) is 0 Å². The number of hydrogen-bond donors (Lipinski definition) is 1. The normalized spacial score (nSPS) is 23.9. The Kier molecular flexibility index (Phi) is 4.67. The predicted molar refractivity (Wildman–Crippen MR) is 102 cm³/mol. The van der Waals surface area contributed by atoms with Crippen LogP contribution in [0.25, 0.3) is 0 Å². The minimum Gasteiger partial charge on any atom is -0.369 e. The summed E-state index contributed by atoms with van der Waals surface area (Å²) in [5.74, 6) is 2.65. The fourth-order valence-electron chi connectivity index (χ4n) is 4.10. The first-order chi connectivity index (χ1) is 12.5. The van der Waals surface area contributed by atoms with Crippen LogP contribution in [0.2, 0.25) is 0 Å². The Morgan fingerprint density at radius 2 is 1.69 bits per heavy atom. The van der Waals surface area contributed by atoms with Crippen molar-refractivity contribution in [3.63, 3.8) is 0 Å². The number of nitrogens with zero attached hydrogens (tertiary/aromatic N) is 6. The van der Waals surface area contributed by atoms with Crippen LogP contribution in [0.3, 0.4) is 0 Å². The van der Waals surface area contributed by atoms with Crippen molar-refractivity contribution in [3.8, 4) is 0 Å². The van der Waals surface area contributed by atoms with Crippen molar-refractivity contribution in [2.75, 3.05) is 31.1 Å². The summed E-state index contributed by atoms with van der Waals surface area (Å²) in [7, 11) is 2.09. The summed E-state index contributed by atoms with van der Waals surface area (Å²) in [4.78, 5) is 9.40. The van der Waals surface area contributed by atoms with Crippen molar-refractivity contribution in [1.29, 1.82) is 0 Å². The van der Waals surface area contributed by atoms with Gasteiger partial charge in [0.2, 0.25) is 0 Å². The number of piperazine rings is 1.